The summed E-state index contributed by atoms with van der Waals surface area (Å²) < 4.78 is 49.1. The topological polar surface area (TPSA) is 147 Å². The van der Waals surface area contributed by atoms with Gasteiger partial charge in [-0.15, -0.1) is 5.10 Å². The highest BCUT2D eigenvalue weighted by atomic mass is 19.4. The number of halogens is 3. The van der Waals surface area contributed by atoms with Crippen LogP contribution in [-0.4, -0.2) is 39.4 Å². The van der Waals surface area contributed by atoms with Crippen LogP contribution in [0.4, 0.5) is 29.6 Å². The molecular formula is C22H17F3N6O4. The monoisotopic (exact) mass is 486 g/mol. The number of amides is 2. The van der Waals surface area contributed by atoms with Gasteiger partial charge >= 0.3 is 12.3 Å². The van der Waals surface area contributed by atoms with Crippen LogP contribution >= 0.6 is 0 Å². The number of nitrogens with one attached hydrogen (secondary N) is 1. The Morgan fingerprint density at radius 3 is 2.37 bits per heavy atom. The first-order valence-corrected chi connectivity index (χ1v) is 9.92. The quantitative estimate of drug-likeness (QED) is 0.361. The third-order valence-corrected chi connectivity index (χ3v) is 4.64. The number of carbonyl (C=O) groups is 2. The first-order valence-electron chi connectivity index (χ1n) is 9.92. The number of ether oxygens (including phenoxy) is 2. The normalized spacial score (nSPS) is 11.3. The minimum atomic E-state index is -4.58. The molecule has 5 N–H and O–H groups in total. The Labute approximate surface area is 195 Å². The van der Waals surface area contributed by atoms with Crippen LogP contribution < -0.4 is 26.3 Å². The summed E-state index contributed by atoms with van der Waals surface area (Å²) in [6.45, 7) is -1.56. The van der Waals surface area contributed by atoms with Crippen molar-refractivity contribution in [3.63, 3.8) is 0 Å². The number of alkyl halides is 3. The Hall–Kier alpha value is -4.81. The number of nitrogens with zero attached hydrogens (tertiary/aromatic N) is 3. The van der Waals surface area contributed by atoms with E-state index in [2.05, 4.69) is 15.4 Å². The first kappa shape index (κ1) is 23.4. The van der Waals surface area contributed by atoms with Crippen LogP contribution in [0.3, 0.4) is 0 Å². The molecule has 2 heterocycles. The maximum Gasteiger partial charge on any atom is 0.422 e. The molecule has 0 unspecified atom stereocenters. The number of hydrogen-bond donors (Lipinski definition) is 3. The van der Waals surface area contributed by atoms with E-state index in [9.17, 15) is 22.8 Å². The Kier molecular flexibility index (Phi) is 6.14. The van der Waals surface area contributed by atoms with Crippen molar-refractivity contribution >= 4 is 29.3 Å². The Bertz CT molecular complexity index is 1400. The summed E-state index contributed by atoms with van der Waals surface area (Å²) in [6, 6.07) is 13.9. The zero-order valence-electron chi connectivity index (χ0n) is 17.7. The number of anilines is 2. The van der Waals surface area contributed by atoms with Crippen LogP contribution in [0.1, 0.15) is 10.4 Å². The lowest BCUT2D eigenvalue weighted by Crippen LogP contribution is -2.20. The molecule has 0 aliphatic heterocycles. The molecule has 35 heavy (non-hydrogen) atoms. The fourth-order valence-electron chi connectivity index (χ4n) is 3.12. The number of benzene rings is 2. The molecule has 0 saturated heterocycles. The Morgan fingerprint density at radius 1 is 1.00 bits per heavy atom. The van der Waals surface area contributed by atoms with E-state index < -0.39 is 24.8 Å². The summed E-state index contributed by atoms with van der Waals surface area (Å²) in [5, 5.41) is 7.10. The molecule has 0 saturated carbocycles. The molecule has 0 radical (unpaired) electrons. The molecule has 0 atom stereocenters. The van der Waals surface area contributed by atoms with E-state index in [1.165, 1.54) is 16.6 Å². The smallest absolute Gasteiger partial charge is 0.422 e. The van der Waals surface area contributed by atoms with E-state index >= 15 is 0 Å². The van der Waals surface area contributed by atoms with Crippen molar-refractivity contribution in [1.82, 2.24) is 14.6 Å². The fraction of sp³-hybridized carbons (Fsp3) is 0.0909. The van der Waals surface area contributed by atoms with E-state index in [1.807, 2.05) is 0 Å². The number of hydrogen-bond acceptors (Lipinski definition) is 7. The highest BCUT2D eigenvalue weighted by Crippen LogP contribution is 2.30. The van der Waals surface area contributed by atoms with Gasteiger partial charge in [-0.25, -0.2) is 9.31 Å². The van der Waals surface area contributed by atoms with Gasteiger partial charge in [-0.2, -0.15) is 18.2 Å². The summed E-state index contributed by atoms with van der Waals surface area (Å²) in [7, 11) is 0. The lowest BCUT2D eigenvalue weighted by molar-refractivity contribution is -0.153. The van der Waals surface area contributed by atoms with Crippen LogP contribution in [0.15, 0.2) is 60.8 Å². The number of aromatic nitrogens is 3. The SMILES string of the molecule is NC(=O)Oc1ccc(-c2ccc3nc(Nc4ccc(C(N)=O)cc4OCC(F)(F)F)nn3c2)cc1. The van der Waals surface area contributed by atoms with Crippen molar-refractivity contribution in [2.45, 2.75) is 6.18 Å². The zero-order chi connectivity index (χ0) is 25.2. The van der Waals surface area contributed by atoms with E-state index in [1.54, 1.807) is 42.6 Å². The summed E-state index contributed by atoms with van der Waals surface area (Å²) in [5.74, 6) is -0.686. The van der Waals surface area contributed by atoms with Crippen LogP contribution in [0.5, 0.6) is 11.5 Å². The van der Waals surface area contributed by atoms with E-state index in [-0.39, 0.29) is 22.9 Å². The average molecular weight is 486 g/mol. The second kappa shape index (κ2) is 9.21. The van der Waals surface area contributed by atoms with Gasteiger partial charge in [-0.3, -0.25) is 4.79 Å². The standard InChI is InChI=1S/C22H17F3N6O4/c23-22(24,25)11-34-17-9-13(19(26)32)3-7-16(17)28-21-29-18-8-4-14(10-31(18)30-21)12-1-5-15(6-2-12)35-20(27)33/h1-10H,11H2,(H2,26,32)(H2,27,33)(H,28,30). The van der Waals surface area contributed by atoms with Gasteiger partial charge in [-0.05, 0) is 48.0 Å². The van der Waals surface area contributed by atoms with Gasteiger partial charge in [-0.1, -0.05) is 12.1 Å². The minimum absolute atomic E-state index is 0.0208. The third kappa shape index (κ3) is 5.76. The van der Waals surface area contributed by atoms with Crippen molar-refractivity contribution in [3.05, 3.63) is 66.4 Å². The molecule has 0 spiro atoms. The molecule has 2 aromatic heterocycles. The van der Waals surface area contributed by atoms with Crippen molar-refractivity contribution in [3.8, 4) is 22.6 Å². The maximum atomic E-state index is 12.7. The lowest BCUT2D eigenvalue weighted by atomic mass is 10.1. The molecule has 10 nitrogen and oxygen atoms in total. The summed E-state index contributed by atoms with van der Waals surface area (Å²) in [4.78, 5) is 26.6. The summed E-state index contributed by atoms with van der Waals surface area (Å²) in [5.41, 5.74) is 12.3. The molecule has 180 valence electrons. The molecule has 0 bridgehead atoms. The van der Waals surface area contributed by atoms with Crippen molar-refractivity contribution in [1.29, 1.82) is 0 Å². The molecule has 4 rings (SSSR count). The number of nitrogens with two attached hydrogens (primary N) is 2. The molecule has 13 heteroatoms. The van der Waals surface area contributed by atoms with Crippen LogP contribution in [0.25, 0.3) is 16.8 Å². The van der Waals surface area contributed by atoms with E-state index in [0.717, 1.165) is 17.2 Å². The van der Waals surface area contributed by atoms with E-state index in [0.29, 0.717) is 11.4 Å². The van der Waals surface area contributed by atoms with Crippen molar-refractivity contribution in [2.75, 3.05) is 11.9 Å². The van der Waals surface area contributed by atoms with Gasteiger partial charge in [0.05, 0.1) is 5.69 Å². The molecule has 2 aromatic carbocycles. The molecule has 0 aliphatic carbocycles. The Balaban J connectivity index is 1.59. The number of primary amides is 2. The van der Waals surface area contributed by atoms with Crippen LogP contribution in [0.2, 0.25) is 0 Å². The largest absolute Gasteiger partial charge is 0.482 e. The van der Waals surface area contributed by atoms with Gasteiger partial charge in [0.15, 0.2) is 12.3 Å². The van der Waals surface area contributed by atoms with Gasteiger partial charge in [0.2, 0.25) is 11.9 Å². The average Bonchev–Trinajstić information content (AvgIpc) is 3.19. The fourth-order valence-corrected chi connectivity index (χ4v) is 3.12. The second-order valence-electron chi connectivity index (χ2n) is 7.21. The van der Waals surface area contributed by atoms with Gasteiger partial charge < -0.3 is 26.3 Å². The van der Waals surface area contributed by atoms with Gasteiger partial charge in [0.1, 0.15) is 11.5 Å². The minimum Gasteiger partial charge on any atom is -0.482 e. The predicted molar refractivity (Wildman–Crippen MR) is 118 cm³/mol. The number of fused-ring (bicyclic) bond motifs is 1. The number of carbonyl (C=O) groups excluding carboxylic acids is 2. The summed E-state index contributed by atoms with van der Waals surface area (Å²) >= 11 is 0. The Morgan fingerprint density at radius 2 is 1.71 bits per heavy atom. The molecule has 0 aliphatic rings. The van der Waals surface area contributed by atoms with Crippen molar-refractivity contribution < 1.29 is 32.2 Å². The maximum absolute atomic E-state index is 12.7. The lowest BCUT2D eigenvalue weighted by Gasteiger charge is -2.14. The van der Waals surface area contributed by atoms with Gasteiger partial charge in [0.25, 0.3) is 0 Å². The number of rotatable bonds is 7. The summed E-state index contributed by atoms with van der Waals surface area (Å²) in [6.07, 6.45) is -3.81. The molecular weight excluding hydrogens is 469 g/mol. The predicted octanol–water partition coefficient (Wildman–Crippen LogP) is 3.64. The zero-order valence-corrected chi connectivity index (χ0v) is 17.7. The molecule has 4 aromatic rings. The molecule has 2 amide bonds. The van der Waals surface area contributed by atoms with Crippen LogP contribution in [-0.2, 0) is 0 Å². The number of pyridine rings is 1. The second-order valence-corrected chi connectivity index (χ2v) is 7.21. The highest BCUT2D eigenvalue weighted by Gasteiger charge is 2.29. The van der Waals surface area contributed by atoms with E-state index in [4.69, 9.17) is 20.9 Å². The third-order valence-electron chi connectivity index (χ3n) is 4.64. The first-order chi connectivity index (χ1) is 16.6. The van der Waals surface area contributed by atoms with Crippen molar-refractivity contribution in [2.24, 2.45) is 11.5 Å². The highest BCUT2D eigenvalue weighted by molar-refractivity contribution is 5.94. The van der Waals surface area contributed by atoms with Crippen LogP contribution in [0, 0.1) is 0 Å². The van der Waals surface area contributed by atoms with Gasteiger partial charge in [0, 0.05) is 17.3 Å². The molecule has 0 fully saturated rings.